The van der Waals surface area contributed by atoms with Crippen LogP contribution in [0.3, 0.4) is 0 Å². The zero-order valence-electron chi connectivity index (χ0n) is 12.3. The van der Waals surface area contributed by atoms with Crippen LogP contribution in [0.25, 0.3) is 11.5 Å². The van der Waals surface area contributed by atoms with Crippen molar-refractivity contribution in [2.75, 3.05) is 20.7 Å². The minimum absolute atomic E-state index is 0.530. The molecule has 1 aromatic heterocycles. The van der Waals surface area contributed by atoms with Gasteiger partial charge in [-0.15, -0.1) is 10.2 Å². The summed E-state index contributed by atoms with van der Waals surface area (Å²) < 4.78 is 10.9. The molecule has 5 heteroatoms. The summed E-state index contributed by atoms with van der Waals surface area (Å²) in [5.41, 5.74) is 0.874. The van der Waals surface area contributed by atoms with Gasteiger partial charge in [-0.1, -0.05) is 19.4 Å². The molecular formula is C15H21N3O2. The van der Waals surface area contributed by atoms with Gasteiger partial charge in [0.15, 0.2) is 0 Å². The molecule has 0 atom stereocenters. The van der Waals surface area contributed by atoms with Crippen LogP contribution in [0, 0.1) is 0 Å². The first kappa shape index (κ1) is 14.5. The van der Waals surface area contributed by atoms with E-state index in [-0.39, 0.29) is 0 Å². The molecule has 0 radical (unpaired) electrons. The van der Waals surface area contributed by atoms with Crippen molar-refractivity contribution >= 4 is 0 Å². The molecule has 0 bridgehead atoms. The molecular weight excluding hydrogens is 254 g/mol. The average Bonchev–Trinajstić information content (AvgIpc) is 2.93. The molecule has 0 N–H and O–H groups in total. The van der Waals surface area contributed by atoms with Crippen molar-refractivity contribution < 1.29 is 9.15 Å². The lowest BCUT2D eigenvalue weighted by Crippen LogP contribution is -2.19. The molecule has 0 aliphatic carbocycles. The fourth-order valence-corrected chi connectivity index (χ4v) is 1.93. The zero-order chi connectivity index (χ0) is 14.4. The molecule has 5 nitrogen and oxygen atoms in total. The maximum atomic E-state index is 5.70. The Morgan fingerprint density at radius 1 is 1.30 bits per heavy atom. The summed E-state index contributed by atoms with van der Waals surface area (Å²) >= 11 is 0. The molecule has 2 aromatic rings. The summed E-state index contributed by atoms with van der Waals surface area (Å²) in [6, 6.07) is 7.61. The van der Waals surface area contributed by atoms with Crippen molar-refractivity contribution in [3.8, 4) is 17.2 Å². The van der Waals surface area contributed by atoms with Crippen molar-refractivity contribution in [1.29, 1.82) is 0 Å². The zero-order valence-corrected chi connectivity index (χ0v) is 12.3. The van der Waals surface area contributed by atoms with Crippen molar-refractivity contribution in [2.24, 2.45) is 0 Å². The summed E-state index contributed by atoms with van der Waals surface area (Å²) in [7, 11) is 3.70. The van der Waals surface area contributed by atoms with Crippen LogP contribution >= 0.6 is 0 Å². The number of rotatable bonds is 7. The number of methoxy groups -OCH3 is 1. The van der Waals surface area contributed by atoms with Crippen molar-refractivity contribution in [3.63, 3.8) is 0 Å². The number of nitrogens with zero attached hydrogens (tertiary/aromatic N) is 3. The first-order valence-electron chi connectivity index (χ1n) is 6.88. The van der Waals surface area contributed by atoms with Gasteiger partial charge < -0.3 is 9.15 Å². The lowest BCUT2D eigenvalue weighted by Gasteiger charge is -2.12. The number of benzene rings is 1. The molecule has 2 rings (SSSR count). The Morgan fingerprint density at radius 2 is 2.15 bits per heavy atom. The van der Waals surface area contributed by atoms with Crippen LogP contribution in [0.15, 0.2) is 28.7 Å². The Bertz CT molecular complexity index is 539. The van der Waals surface area contributed by atoms with Gasteiger partial charge in [0.25, 0.3) is 0 Å². The van der Waals surface area contributed by atoms with E-state index in [1.165, 1.54) is 12.8 Å². The van der Waals surface area contributed by atoms with Crippen LogP contribution in [0.4, 0.5) is 0 Å². The largest absolute Gasteiger partial charge is 0.497 e. The topological polar surface area (TPSA) is 51.4 Å². The lowest BCUT2D eigenvalue weighted by molar-refractivity contribution is 0.286. The normalized spacial score (nSPS) is 11.0. The molecule has 0 saturated heterocycles. The summed E-state index contributed by atoms with van der Waals surface area (Å²) in [6.07, 6.45) is 2.36. The first-order valence-corrected chi connectivity index (χ1v) is 6.88. The number of unbranched alkanes of at least 4 members (excludes halogenated alkanes) is 1. The SMILES string of the molecule is CCCCN(C)Cc1nnc(-c2cccc(OC)c2)o1. The van der Waals surface area contributed by atoms with E-state index in [1.807, 2.05) is 24.3 Å². The van der Waals surface area contributed by atoms with E-state index >= 15 is 0 Å². The van der Waals surface area contributed by atoms with Gasteiger partial charge in [-0.2, -0.15) is 0 Å². The van der Waals surface area contributed by atoms with E-state index in [0.717, 1.165) is 17.9 Å². The summed E-state index contributed by atoms with van der Waals surface area (Å²) in [6.45, 7) is 3.89. The Balaban J connectivity index is 2.04. The average molecular weight is 275 g/mol. The van der Waals surface area contributed by atoms with E-state index < -0.39 is 0 Å². The van der Waals surface area contributed by atoms with Crippen LogP contribution < -0.4 is 4.74 Å². The van der Waals surface area contributed by atoms with Gasteiger partial charge in [0.05, 0.1) is 13.7 Å². The highest BCUT2D eigenvalue weighted by molar-refractivity contribution is 5.55. The summed E-state index contributed by atoms with van der Waals surface area (Å²) in [5.74, 6) is 1.95. The Hall–Kier alpha value is -1.88. The Kier molecular flexibility index (Phi) is 5.12. The van der Waals surface area contributed by atoms with E-state index in [1.54, 1.807) is 7.11 Å². The lowest BCUT2D eigenvalue weighted by atomic mass is 10.2. The fraction of sp³-hybridized carbons (Fsp3) is 0.467. The van der Waals surface area contributed by atoms with Crippen molar-refractivity contribution in [1.82, 2.24) is 15.1 Å². The highest BCUT2D eigenvalue weighted by Crippen LogP contribution is 2.22. The minimum Gasteiger partial charge on any atom is -0.497 e. The number of hydrogen-bond acceptors (Lipinski definition) is 5. The van der Waals surface area contributed by atoms with E-state index in [9.17, 15) is 0 Å². The predicted molar refractivity (Wildman–Crippen MR) is 77.5 cm³/mol. The second-order valence-electron chi connectivity index (χ2n) is 4.82. The number of ether oxygens (including phenoxy) is 1. The maximum absolute atomic E-state index is 5.70. The molecule has 20 heavy (non-hydrogen) atoms. The molecule has 0 aliphatic heterocycles. The Labute approximate surface area is 119 Å². The third-order valence-corrected chi connectivity index (χ3v) is 3.08. The smallest absolute Gasteiger partial charge is 0.247 e. The summed E-state index contributed by atoms with van der Waals surface area (Å²) in [5, 5.41) is 8.19. The minimum atomic E-state index is 0.530. The molecule has 0 saturated carbocycles. The predicted octanol–water partition coefficient (Wildman–Crippen LogP) is 2.98. The third kappa shape index (κ3) is 3.81. The molecule has 0 aliphatic rings. The van der Waals surface area contributed by atoms with Gasteiger partial charge in [0.1, 0.15) is 5.75 Å². The van der Waals surface area contributed by atoms with Gasteiger partial charge in [-0.25, -0.2) is 0 Å². The van der Waals surface area contributed by atoms with Gasteiger partial charge in [-0.3, -0.25) is 4.90 Å². The number of aromatic nitrogens is 2. The van der Waals surface area contributed by atoms with Gasteiger partial charge in [0, 0.05) is 5.56 Å². The Morgan fingerprint density at radius 3 is 2.90 bits per heavy atom. The molecule has 108 valence electrons. The molecule has 1 aromatic carbocycles. The van der Waals surface area contributed by atoms with Crippen LogP contribution in [-0.4, -0.2) is 35.8 Å². The third-order valence-electron chi connectivity index (χ3n) is 3.08. The van der Waals surface area contributed by atoms with Crippen molar-refractivity contribution in [3.05, 3.63) is 30.2 Å². The van der Waals surface area contributed by atoms with E-state index in [4.69, 9.17) is 9.15 Å². The highest BCUT2D eigenvalue weighted by atomic mass is 16.5. The van der Waals surface area contributed by atoms with Gasteiger partial charge in [-0.05, 0) is 38.2 Å². The van der Waals surface area contributed by atoms with Crippen LogP contribution in [-0.2, 0) is 6.54 Å². The number of hydrogen-bond donors (Lipinski definition) is 0. The molecule has 0 amide bonds. The standard InChI is InChI=1S/C15H21N3O2/c1-4-5-9-18(2)11-14-16-17-15(20-14)12-7-6-8-13(10-12)19-3/h6-8,10H,4-5,9,11H2,1-3H3. The fourth-order valence-electron chi connectivity index (χ4n) is 1.93. The molecule has 0 fully saturated rings. The van der Waals surface area contributed by atoms with Gasteiger partial charge >= 0.3 is 0 Å². The second-order valence-corrected chi connectivity index (χ2v) is 4.82. The molecule has 0 spiro atoms. The van der Waals surface area contributed by atoms with Crippen LogP contribution in [0.1, 0.15) is 25.7 Å². The quantitative estimate of drug-likeness (QED) is 0.777. The van der Waals surface area contributed by atoms with Crippen LogP contribution in [0.2, 0.25) is 0 Å². The first-order chi connectivity index (χ1) is 9.72. The van der Waals surface area contributed by atoms with E-state index in [2.05, 4.69) is 29.1 Å². The van der Waals surface area contributed by atoms with E-state index in [0.29, 0.717) is 18.3 Å². The maximum Gasteiger partial charge on any atom is 0.247 e. The monoisotopic (exact) mass is 275 g/mol. The second kappa shape index (κ2) is 7.05. The molecule has 1 heterocycles. The highest BCUT2D eigenvalue weighted by Gasteiger charge is 2.11. The van der Waals surface area contributed by atoms with Gasteiger partial charge in [0.2, 0.25) is 11.8 Å². The molecule has 0 unspecified atom stereocenters. The van der Waals surface area contributed by atoms with Crippen LogP contribution in [0.5, 0.6) is 5.75 Å². The summed E-state index contributed by atoms with van der Waals surface area (Å²) in [4.78, 5) is 2.19. The van der Waals surface area contributed by atoms with Crippen molar-refractivity contribution in [2.45, 2.75) is 26.3 Å².